The number of nitrogens with two attached hydrogens (primary N) is 2. The summed E-state index contributed by atoms with van der Waals surface area (Å²) in [5.41, 5.74) is 11.3. The number of nitrogens with one attached hydrogen (secondary N) is 2. The van der Waals surface area contributed by atoms with Gasteiger partial charge in [-0.25, -0.2) is 40.9 Å². The first-order valence-electron chi connectivity index (χ1n) is 18.1. The van der Waals surface area contributed by atoms with Gasteiger partial charge >= 0.3 is 6.03 Å². The second kappa shape index (κ2) is 15.4. The Hall–Kier alpha value is -4.45. The van der Waals surface area contributed by atoms with Crippen molar-refractivity contribution in [3.63, 3.8) is 0 Å². The Balaban J connectivity index is 0.000000158. The van der Waals surface area contributed by atoms with Gasteiger partial charge in [0.2, 0.25) is 21.8 Å². The van der Waals surface area contributed by atoms with Crippen LogP contribution in [0.4, 0.5) is 4.79 Å². The molecule has 2 unspecified atom stereocenters. The number of aryl methyl sites for hydroxylation is 4. The molecule has 2 atom stereocenters. The van der Waals surface area contributed by atoms with E-state index in [9.17, 15) is 21.6 Å². The number of aromatic nitrogens is 4. The molecule has 2 aromatic carbocycles. The molecule has 4 aliphatic rings. The highest BCUT2D eigenvalue weighted by atomic mass is 32.2. The number of sulfonamides is 2. The zero-order valence-corrected chi connectivity index (χ0v) is 32.8. The van der Waals surface area contributed by atoms with Crippen LogP contribution >= 0.6 is 0 Å². The first kappa shape index (κ1) is 39.2. The maximum absolute atomic E-state index is 12.7. The highest BCUT2D eigenvalue weighted by molar-refractivity contribution is 7.90. The van der Waals surface area contributed by atoms with Crippen LogP contribution in [-0.4, -0.2) is 55.6 Å². The molecule has 0 saturated heterocycles. The van der Waals surface area contributed by atoms with Gasteiger partial charge in [0.05, 0.1) is 31.6 Å². The van der Waals surface area contributed by atoms with Crippen molar-refractivity contribution in [3.05, 3.63) is 83.2 Å². The van der Waals surface area contributed by atoms with Gasteiger partial charge in [-0.05, 0) is 58.8 Å². The van der Waals surface area contributed by atoms with Crippen LogP contribution in [0, 0.1) is 10.8 Å². The van der Waals surface area contributed by atoms with E-state index >= 15 is 0 Å². The minimum Gasteiger partial charge on any atom is -0.477 e. The van der Waals surface area contributed by atoms with Crippen LogP contribution in [0.2, 0.25) is 0 Å². The Labute approximate surface area is 316 Å². The fraction of sp³-hybridized carbons (Fsp3) is 0.486. The Morgan fingerprint density at radius 3 is 1.87 bits per heavy atom. The van der Waals surface area contributed by atoms with Crippen LogP contribution in [0.15, 0.2) is 70.7 Å². The second-order valence-electron chi connectivity index (χ2n) is 15.4. The fourth-order valence-corrected chi connectivity index (χ4v) is 8.84. The smallest absolute Gasteiger partial charge is 0.329 e. The van der Waals surface area contributed by atoms with Gasteiger partial charge in [0.25, 0.3) is 10.0 Å². The molecule has 4 aromatic rings. The molecular formula is C37H50N8O7S2. The summed E-state index contributed by atoms with van der Waals surface area (Å²) in [4.78, 5) is 12.5. The monoisotopic (exact) mass is 782 g/mol. The van der Waals surface area contributed by atoms with E-state index in [2.05, 4.69) is 72.2 Å². The van der Waals surface area contributed by atoms with E-state index in [-0.39, 0.29) is 44.5 Å². The number of hydrogen-bond acceptors (Lipinski definition) is 10. The molecule has 2 amide bonds. The molecule has 292 valence electrons. The minimum atomic E-state index is -4.09. The molecule has 0 bridgehead atoms. The molecule has 4 heterocycles. The number of benzene rings is 2. The number of primary sulfonamides is 1. The second-order valence-corrected chi connectivity index (χ2v) is 18.6. The maximum atomic E-state index is 12.7. The predicted octanol–water partition coefficient (Wildman–Crippen LogP) is 4.34. The molecule has 2 aliphatic heterocycles. The van der Waals surface area contributed by atoms with Crippen molar-refractivity contribution in [2.45, 2.75) is 101 Å². The molecule has 6 N–H and O–H groups in total. The van der Waals surface area contributed by atoms with E-state index in [1.54, 1.807) is 0 Å². The summed E-state index contributed by atoms with van der Waals surface area (Å²) in [7, 11) is -7.80. The van der Waals surface area contributed by atoms with Crippen LogP contribution in [0.25, 0.3) is 0 Å². The molecule has 8 rings (SSSR count). The van der Waals surface area contributed by atoms with Crippen LogP contribution in [0.1, 0.15) is 87.7 Å². The van der Waals surface area contributed by atoms with Gasteiger partial charge in [0, 0.05) is 32.0 Å². The van der Waals surface area contributed by atoms with Crippen molar-refractivity contribution in [2.24, 2.45) is 21.7 Å². The molecule has 0 saturated carbocycles. The number of amides is 2. The predicted molar refractivity (Wildman–Crippen MR) is 202 cm³/mol. The van der Waals surface area contributed by atoms with Crippen LogP contribution in [-0.2, 0) is 46.0 Å². The summed E-state index contributed by atoms with van der Waals surface area (Å²) < 4.78 is 63.2. The summed E-state index contributed by atoms with van der Waals surface area (Å²) in [5.74, 6) is 0.434. The molecular weight excluding hydrogens is 733 g/mol. The van der Waals surface area contributed by atoms with Gasteiger partial charge in [-0.2, -0.15) is 10.2 Å². The van der Waals surface area contributed by atoms with Crippen LogP contribution < -0.4 is 30.4 Å². The number of nitrogens with zero attached hydrogens (tertiary/aromatic N) is 4. The lowest BCUT2D eigenvalue weighted by Crippen LogP contribution is -2.46. The van der Waals surface area contributed by atoms with E-state index in [4.69, 9.17) is 20.3 Å². The number of rotatable bonds is 4. The van der Waals surface area contributed by atoms with E-state index < -0.39 is 26.1 Å². The summed E-state index contributed by atoms with van der Waals surface area (Å²) >= 11 is 0. The largest absolute Gasteiger partial charge is 0.477 e. The van der Waals surface area contributed by atoms with Crippen molar-refractivity contribution < 1.29 is 31.1 Å². The first-order valence-corrected chi connectivity index (χ1v) is 21.2. The standard InChI is InChI=1S/C19H24N4O4S.C12H17N.C6H9N3O3S/c1-19(2)9-8-13-6-3-4-7-14(13)16(19)21-18(24)22-28(25,26)15-12-20-23-10-5-11-27-17(15)23;1-12(2)8-7-9-5-3-4-6-10(9)11(12)13;7-13(10,11)5-4-8-9-2-1-3-12-6(5)9/h3-4,6-7,12,16H,5,8-11H2,1-2H3,(H2,21,22,24);3-6,11H,7-8,13H2,1-2H3;4H,1-3H2,(H2,7,10,11). The number of carbonyl (C=O) groups excluding carboxylic acids is 1. The van der Waals surface area contributed by atoms with Gasteiger partial charge in [0.15, 0.2) is 9.79 Å². The Morgan fingerprint density at radius 1 is 0.778 bits per heavy atom. The van der Waals surface area contributed by atoms with E-state index in [0.717, 1.165) is 31.2 Å². The SMILES string of the molecule is CC1(C)CCc2ccccc2C1N.CC1(C)CCc2ccccc2C1NC(=O)NS(=O)(=O)c1cnn2c1OCCC2.NS(=O)(=O)c1cnn2c1OCCC2. The van der Waals surface area contributed by atoms with Crippen molar-refractivity contribution in [2.75, 3.05) is 13.2 Å². The summed E-state index contributed by atoms with van der Waals surface area (Å²) in [6.07, 6.45) is 8.23. The topological polar surface area (TPSA) is 216 Å². The van der Waals surface area contributed by atoms with Crippen molar-refractivity contribution in [3.8, 4) is 11.8 Å². The molecule has 54 heavy (non-hydrogen) atoms. The van der Waals surface area contributed by atoms with E-state index in [1.165, 1.54) is 51.3 Å². The lowest BCUT2D eigenvalue weighted by Gasteiger charge is -2.40. The third-order valence-electron chi connectivity index (χ3n) is 10.6. The van der Waals surface area contributed by atoms with Gasteiger partial charge < -0.3 is 20.5 Å². The van der Waals surface area contributed by atoms with Crippen LogP contribution in [0.3, 0.4) is 0 Å². The number of urea groups is 1. The van der Waals surface area contributed by atoms with Gasteiger partial charge in [-0.15, -0.1) is 0 Å². The van der Waals surface area contributed by atoms with Crippen molar-refractivity contribution in [1.29, 1.82) is 0 Å². The fourth-order valence-electron chi connectivity index (χ4n) is 7.24. The zero-order chi connectivity index (χ0) is 38.9. The lowest BCUT2D eigenvalue weighted by molar-refractivity contribution is 0.198. The summed E-state index contributed by atoms with van der Waals surface area (Å²) in [6, 6.07) is 15.6. The molecule has 0 fully saturated rings. The van der Waals surface area contributed by atoms with Crippen molar-refractivity contribution >= 4 is 26.1 Å². The highest BCUT2D eigenvalue weighted by Crippen LogP contribution is 2.44. The van der Waals surface area contributed by atoms with Gasteiger partial charge in [-0.3, -0.25) is 0 Å². The molecule has 0 spiro atoms. The quantitative estimate of drug-likeness (QED) is 0.230. The highest BCUT2D eigenvalue weighted by Gasteiger charge is 2.38. The Bertz CT molecular complexity index is 2210. The normalized spacial score (nSPS) is 20.6. The third-order valence-corrected chi connectivity index (χ3v) is 12.8. The third kappa shape index (κ3) is 8.43. The molecule has 2 aliphatic carbocycles. The van der Waals surface area contributed by atoms with Gasteiger partial charge in [-0.1, -0.05) is 76.2 Å². The van der Waals surface area contributed by atoms with Crippen LogP contribution in [0.5, 0.6) is 11.8 Å². The zero-order valence-electron chi connectivity index (χ0n) is 31.1. The van der Waals surface area contributed by atoms with Crippen molar-refractivity contribution in [1.82, 2.24) is 29.6 Å². The van der Waals surface area contributed by atoms with E-state index in [0.29, 0.717) is 26.3 Å². The molecule has 2 aromatic heterocycles. The Morgan fingerprint density at radius 2 is 1.28 bits per heavy atom. The molecule has 17 heteroatoms. The summed E-state index contributed by atoms with van der Waals surface area (Å²) in [5, 5.41) is 15.7. The van der Waals surface area contributed by atoms with Gasteiger partial charge in [0.1, 0.15) is 0 Å². The maximum Gasteiger partial charge on any atom is 0.329 e. The number of fused-ring (bicyclic) bond motifs is 4. The lowest BCUT2D eigenvalue weighted by atomic mass is 9.70. The van der Waals surface area contributed by atoms with E-state index in [1.807, 2.05) is 24.3 Å². The summed E-state index contributed by atoms with van der Waals surface area (Å²) in [6.45, 7) is 10.9. The Kier molecular flexibility index (Phi) is 11.2. The number of hydrogen-bond donors (Lipinski definition) is 4. The average molecular weight is 783 g/mol. The minimum absolute atomic E-state index is 0.0350. The number of carbonyl (C=O) groups is 1. The first-order chi connectivity index (χ1) is 25.5. The molecule has 0 radical (unpaired) electrons. The average Bonchev–Trinajstić information content (AvgIpc) is 3.78. The molecule has 15 nitrogen and oxygen atoms in total. The number of ether oxygens (including phenoxy) is 2.